The van der Waals surface area contributed by atoms with Crippen molar-refractivity contribution in [2.24, 2.45) is 0 Å². The number of anilines is 1. The monoisotopic (exact) mass is 328 g/mol. The molecule has 0 radical (unpaired) electrons. The number of ether oxygens (including phenoxy) is 2. The maximum Gasteiger partial charge on any atom is 0.313 e. The van der Waals surface area contributed by atoms with Gasteiger partial charge in [-0.25, -0.2) is 0 Å². The predicted molar refractivity (Wildman–Crippen MR) is 91.2 cm³/mol. The fourth-order valence-electron chi connectivity index (χ4n) is 2.15. The summed E-state index contributed by atoms with van der Waals surface area (Å²) in [6.07, 6.45) is 0. The van der Waals surface area contributed by atoms with Gasteiger partial charge in [-0.2, -0.15) is 0 Å². The van der Waals surface area contributed by atoms with Gasteiger partial charge in [0.05, 0.1) is 19.9 Å². The lowest BCUT2D eigenvalue weighted by Gasteiger charge is -2.12. The second-order valence-electron chi connectivity index (χ2n) is 5.13. The lowest BCUT2D eigenvalue weighted by molar-refractivity contribution is -0.136. The van der Waals surface area contributed by atoms with Crippen LogP contribution in [0.15, 0.2) is 42.5 Å². The molecule has 0 fully saturated rings. The van der Waals surface area contributed by atoms with E-state index >= 15 is 0 Å². The van der Waals surface area contributed by atoms with Gasteiger partial charge in [-0.15, -0.1) is 0 Å². The Morgan fingerprint density at radius 2 is 1.75 bits per heavy atom. The minimum absolute atomic E-state index is 0.290. The van der Waals surface area contributed by atoms with Crippen LogP contribution in [0.25, 0.3) is 0 Å². The average Bonchev–Trinajstić information content (AvgIpc) is 2.61. The molecular formula is C18H20N2O4. The summed E-state index contributed by atoms with van der Waals surface area (Å²) in [7, 11) is 3.01. The predicted octanol–water partition coefficient (Wildman–Crippen LogP) is 2.27. The minimum atomic E-state index is -0.757. The Morgan fingerprint density at radius 1 is 1.00 bits per heavy atom. The molecule has 2 N–H and O–H groups in total. The Kier molecular flexibility index (Phi) is 5.78. The molecular weight excluding hydrogens is 308 g/mol. The molecule has 2 aromatic rings. The van der Waals surface area contributed by atoms with Crippen LogP contribution in [0.5, 0.6) is 11.5 Å². The van der Waals surface area contributed by atoms with Crippen molar-refractivity contribution < 1.29 is 19.1 Å². The highest BCUT2D eigenvalue weighted by Gasteiger charge is 2.16. The molecule has 0 bridgehead atoms. The summed E-state index contributed by atoms with van der Waals surface area (Å²) < 4.78 is 10.3. The van der Waals surface area contributed by atoms with E-state index in [1.54, 1.807) is 18.2 Å². The highest BCUT2D eigenvalue weighted by molar-refractivity contribution is 6.39. The molecule has 0 aliphatic rings. The molecule has 0 heterocycles. The van der Waals surface area contributed by atoms with Crippen molar-refractivity contribution in [1.82, 2.24) is 5.32 Å². The number of nitrogens with one attached hydrogen (secondary N) is 2. The molecule has 0 saturated heterocycles. The Hall–Kier alpha value is -3.02. The molecule has 0 unspecified atom stereocenters. The molecule has 0 spiro atoms. The molecule has 0 saturated carbocycles. The number of carbonyl (C=O) groups excluding carboxylic acids is 2. The van der Waals surface area contributed by atoms with Crippen molar-refractivity contribution in [3.8, 4) is 11.5 Å². The van der Waals surface area contributed by atoms with Crippen LogP contribution in [0.1, 0.15) is 11.1 Å². The Bertz CT molecular complexity index is 744. The van der Waals surface area contributed by atoms with Crippen LogP contribution in [0.4, 0.5) is 5.69 Å². The van der Waals surface area contributed by atoms with Gasteiger partial charge >= 0.3 is 11.8 Å². The van der Waals surface area contributed by atoms with Crippen molar-refractivity contribution >= 4 is 17.5 Å². The second kappa shape index (κ2) is 8.01. The molecule has 2 aromatic carbocycles. The molecule has 2 rings (SSSR count). The van der Waals surface area contributed by atoms with Gasteiger partial charge in [0.25, 0.3) is 0 Å². The molecule has 0 atom stereocenters. The SMILES string of the molecule is COc1ccc(NC(=O)C(=O)NCc2ccccc2C)c(OC)c1. The van der Waals surface area contributed by atoms with Crippen LogP contribution in [-0.2, 0) is 16.1 Å². The van der Waals surface area contributed by atoms with Crippen molar-refractivity contribution in [3.63, 3.8) is 0 Å². The van der Waals surface area contributed by atoms with Gasteiger partial charge in [0.15, 0.2) is 0 Å². The zero-order chi connectivity index (χ0) is 17.5. The third-order valence-corrected chi connectivity index (χ3v) is 3.56. The average molecular weight is 328 g/mol. The lowest BCUT2D eigenvalue weighted by Crippen LogP contribution is -2.35. The first kappa shape index (κ1) is 17.3. The fourth-order valence-corrected chi connectivity index (χ4v) is 2.15. The first-order valence-electron chi connectivity index (χ1n) is 7.41. The third-order valence-electron chi connectivity index (χ3n) is 3.56. The van der Waals surface area contributed by atoms with Crippen molar-refractivity contribution in [2.75, 3.05) is 19.5 Å². The van der Waals surface area contributed by atoms with E-state index in [1.807, 2.05) is 31.2 Å². The highest BCUT2D eigenvalue weighted by Crippen LogP contribution is 2.28. The largest absolute Gasteiger partial charge is 0.497 e. The smallest absolute Gasteiger partial charge is 0.313 e. The van der Waals surface area contributed by atoms with Gasteiger partial charge in [-0.1, -0.05) is 24.3 Å². The molecule has 0 aliphatic heterocycles. The van der Waals surface area contributed by atoms with Crippen molar-refractivity contribution in [3.05, 3.63) is 53.6 Å². The Labute approximate surface area is 140 Å². The molecule has 6 nitrogen and oxygen atoms in total. The van der Waals surface area contributed by atoms with Gasteiger partial charge in [-0.3, -0.25) is 9.59 Å². The number of aryl methyl sites for hydroxylation is 1. The third kappa shape index (κ3) is 4.25. The van der Waals surface area contributed by atoms with E-state index in [9.17, 15) is 9.59 Å². The van der Waals surface area contributed by atoms with Crippen LogP contribution in [-0.4, -0.2) is 26.0 Å². The highest BCUT2D eigenvalue weighted by atomic mass is 16.5. The molecule has 0 aliphatic carbocycles. The standard InChI is InChI=1S/C18H20N2O4/c1-12-6-4-5-7-13(12)11-19-17(21)18(22)20-15-9-8-14(23-2)10-16(15)24-3/h4-10H,11H2,1-3H3,(H,19,21)(H,20,22). The summed E-state index contributed by atoms with van der Waals surface area (Å²) in [6, 6.07) is 12.6. The van der Waals surface area contributed by atoms with E-state index in [0.29, 0.717) is 23.7 Å². The van der Waals surface area contributed by atoms with Gasteiger partial charge in [0.1, 0.15) is 11.5 Å². The number of methoxy groups -OCH3 is 2. The maximum atomic E-state index is 12.0. The number of carbonyl (C=O) groups is 2. The van der Waals surface area contributed by atoms with Crippen LogP contribution < -0.4 is 20.1 Å². The molecule has 6 heteroatoms. The minimum Gasteiger partial charge on any atom is -0.497 e. The second-order valence-corrected chi connectivity index (χ2v) is 5.13. The number of benzene rings is 2. The quantitative estimate of drug-likeness (QED) is 0.826. The van der Waals surface area contributed by atoms with Crippen LogP contribution in [0.3, 0.4) is 0 Å². The van der Waals surface area contributed by atoms with E-state index in [-0.39, 0.29) is 0 Å². The van der Waals surface area contributed by atoms with Gasteiger partial charge in [0, 0.05) is 12.6 Å². The van der Waals surface area contributed by atoms with Crippen LogP contribution in [0, 0.1) is 6.92 Å². The van der Waals surface area contributed by atoms with E-state index in [4.69, 9.17) is 9.47 Å². The maximum absolute atomic E-state index is 12.0. The first-order chi connectivity index (χ1) is 11.5. The molecule has 0 aromatic heterocycles. The van der Waals surface area contributed by atoms with Gasteiger partial charge < -0.3 is 20.1 Å². The van der Waals surface area contributed by atoms with E-state index in [1.165, 1.54) is 14.2 Å². The Morgan fingerprint density at radius 3 is 2.42 bits per heavy atom. The van der Waals surface area contributed by atoms with Crippen molar-refractivity contribution in [2.45, 2.75) is 13.5 Å². The molecule has 126 valence electrons. The molecule has 24 heavy (non-hydrogen) atoms. The number of rotatable bonds is 5. The number of amides is 2. The zero-order valence-corrected chi connectivity index (χ0v) is 13.9. The zero-order valence-electron chi connectivity index (χ0n) is 13.9. The lowest BCUT2D eigenvalue weighted by atomic mass is 10.1. The Balaban J connectivity index is 1.99. The van der Waals surface area contributed by atoms with Gasteiger partial charge in [0.2, 0.25) is 0 Å². The summed E-state index contributed by atoms with van der Waals surface area (Å²) in [5.74, 6) is -0.466. The van der Waals surface area contributed by atoms with E-state index in [0.717, 1.165) is 11.1 Å². The summed E-state index contributed by atoms with van der Waals surface area (Å²) in [4.78, 5) is 24.0. The summed E-state index contributed by atoms with van der Waals surface area (Å²) in [5.41, 5.74) is 2.41. The molecule has 2 amide bonds. The van der Waals surface area contributed by atoms with E-state index in [2.05, 4.69) is 10.6 Å². The normalized spacial score (nSPS) is 9.96. The summed E-state index contributed by atoms with van der Waals surface area (Å²) in [6.45, 7) is 2.24. The summed E-state index contributed by atoms with van der Waals surface area (Å²) in [5, 5.41) is 5.14. The number of hydrogen-bond acceptors (Lipinski definition) is 4. The van der Waals surface area contributed by atoms with Crippen molar-refractivity contribution in [1.29, 1.82) is 0 Å². The number of hydrogen-bond donors (Lipinski definition) is 2. The summed E-state index contributed by atoms with van der Waals surface area (Å²) >= 11 is 0. The topological polar surface area (TPSA) is 76.7 Å². The van der Waals surface area contributed by atoms with Crippen LogP contribution >= 0.6 is 0 Å². The van der Waals surface area contributed by atoms with Gasteiger partial charge in [-0.05, 0) is 30.2 Å². The fraction of sp³-hybridized carbons (Fsp3) is 0.222. The first-order valence-corrected chi connectivity index (χ1v) is 7.41. The van der Waals surface area contributed by atoms with Crippen LogP contribution in [0.2, 0.25) is 0 Å². The van der Waals surface area contributed by atoms with E-state index < -0.39 is 11.8 Å².